The predicted molar refractivity (Wildman–Crippen MR) is 76.0 cm³/mol. The number of aryl methyl sites for hydroxylation is 1. The maximum absolute atomic E-state index is 4.50. The average molecular weight is 241 g/mol. The second-order valence-electron chi connectivity index (χ2n) is 5.05. The minimum atomic E-state index is 0.547. The third kappa shape index (κ3) is 2.31. The molecule has 18 heavy (non-hydrogen) atoms. The molecule has 1 aliphatic heterocycles. The Morgan fingerprint density at radius 1 is 1.22 bits per heavy atom. The summed E-state index contributed by atoms with van der Waals surface area (Å²) in [4.78, 5) is 4.50. The second kappa shape index (κ2) is 4.94. The molecule has 0 saturated carbocycles. The summed E-state index contributed by atoms with van der Waals surface area (Å²) in [6, 6.07) is 9.16. The number of rotatable bonds is 2. The van der Waals surface area contributed by atoms with Gasteiger partial charge in [-0.15, -0.1) is 0 Å². The van der Waals surface area contributed by atoms with Crippen LogP contribution in [0.3, 0.4) is 0 Å². The maximum Gasteiger partial charge on any atom is 0.134 e. The van der Waals surface area contributed by atoms with E-state index in [2.05, 4.69) is 46.8 Å². The minimum Gasteiger partial charge on any atom is -0.367 e. The Kier molecular flexibility index (Phi) is 3.15. The summed E-state index contributed by atoms with van der Waals surface area (Å²) in [7, 11) is 0. The molecule has 0 radical (unpaired) electrons. The molecule has 0 atom stereocenters. The summed E-state index contributed by atoms with van der Waals surface area (Å²) >= 11 is 0. The van der Waals surface area contributed by atoms with E-state index in [4.69, 9.17) is 0 Å². The molecule has 0 spiro atoms. The van der Waals surface area contributed by atoms with Gasteiger partial charge in [0, 0.05) is 17.6 Å². The number of hydrogen-bond acceptors (Lipinski definition) is 3. The molecule has 2 heterocycles. The summed E-state index contributed by atoms with van der Waals surface area (Å²) in [6.45, 7) is 4.32. The van der Waals surface area contributed by atoms with Gasteiger partial charge in [-0.1, -0.05) is 23.8 Å². The molecule has 2 N–H and O–H groups in total. The number of anilines is 1. The van der Waals surface area contributed by atoms with Crippen molar-refractivity contribution in [3.8, 4) is 0 Å². The quantitative estimate of drug-likeness (QED) is 0.849. The van der Waals surface area contributed by atoms with Crippen LogP contribution in [0.2, 0.25) is 0 Å². The van der Waals surface area contributed by atoms with Gasteiger partial charge >= 0.3 is 0 Å². The van der Waals surface area contributed by atoms with Gasteiger partial charge in [-0.25, -0.2) is 4.98 Å². The van der Waals surface area contributed by atoms with Crippen LogP contribution in [0.15, 0.2) is 30.5 Å². The number of piperidine rings is 1. The van der Waals surface area contributed by atoms with Crippen LogP contribution < -0.4 is 10.6 Å². The van der Waals surface area contributed by atoms with E-state index in [0.717, 1.165) is 18.9 Å². The van der Waals surface area contributed by atoms with Crippen molar-refractivity contribution < 1.29 is 0 Å². The maximum atomic E-state index is 4.50. The molecule has 1 fully saturated rings. The zero-order chi connectivity index (χ0) is 12.4. The van der Waals surface area contributed by atoms with Crippen LogP contribution in [0.5, 0.6) is 0 Å². The van der Waals surface area contributed by atoms with Crippen molar-refractivity contribution in [3.05, 3.63) is 36.0 Å². The number of pyridine rings is 1. The molecule has 2 aromatic rings. The fraction of sp³-hybridized carbons (Fsp3) is 0.400. The lowest BCUT2D eigenvalue weighted by molar-refractivity contribution is 0.478. The number of nitrogens with one attached hydrogen (secondary N) is 2. The van der Waals surface area contributed by atoms with E-state index >= 15 is 0 Å². The lowest BCUT2D eigenvalue weighted by Gasteiger charge is -2.24. The van der Waals surface area contributed by atoms with Crippen molar-refractivity contribution in [1.82, 2.24) is 10.3 Å². The SMILES string of the molecule is Cc1ccc2c(NC3CCNCC3)nccc2c1. The number of benzene rings is 1. The summed E-state index contributed by atoms with van der Waals surface area (Å²) in [5.41, 5.74) is 1.29. The highest BCUT2D eigenvalue weighted by atomic mass is 15.0. The van der Waals surface area contributed by atoms with Crippen molar-refractivity contribution in [2.24, 2.45) is 0 Å². The highest BCUT2D eigenvalue weighted by Gasteiger charge is 2.14. The molecule has 1 aromatic heterocycles. The van der Waals surface area contributed by atoms with Crippen LogP contribution in [0, 0.1) is 6.92 Å². The molecule has 3 rings (SSSR count). The first kappa shape index (κ1) is 11.5. The van der Waals surface area contributed by atoms with Crippen molar-refractivity contribution in [1.29, 1.82) is 0 Å². The van der Waals surface area contributed by atoms with Gasteiger partial charge in [-0.3, -0.25) is 0 Å². The van der Waals surface area contributed by atoms with Gasteiger partial charge in [0.15, 0.2) is 0 Å². The highest BCUT2D eigenvalue weighted by molar-refractivity contribution is 5.92. The molecule has 1 saturated heterocycles. The largest absolute Gasteiger partial charge is 0.367 e. The molecule has 1 aliphatic rings. The van der Waals surface area contributed by atoms with Crippen molar-refractivity contribution in [2.75, 3.05) is 18.4 Å². The van der Waals surface area contributed by atoms with E-state index in [0.29, 0.717) is 6.04 Å². The third-order valence-electron chi connectivity index (χ3n) is 3.60. The van der Waals surface area contributed by atoms with Gasteiger partial charge in [0.25, 0.3) is 0 Å². The first-order chi connectivity index (χ1) is 8.83. The minimum absolute atomic E-state index is 0.547. The Balaban J connectivity index is 1.91. The first-order valence-electron chi connectivity index (χ1n) is 6.65. The number of fused-ring (bicyclic) bond motifs is 1. The lowest BCUT2D eigenvalue weighted by Crippen LogP contribution is -2.35. The fourth-order valence-electron chi connectivity index (χ4n) is 2.57. The number of aromatic nitrogens is 1. The zero-order valence-corrected chi connectivity index (χ0v) is 10.7. The van der Waals surface area contributed by atoms with Crippen LogP contribution in [0.1, 0.15) is 18.4 Å². The molecule has 0 unspecified atom stereocenters. The van der Waals surface area contributed by atoms with Gasteiger partial charge in [0.05, 0.1) is 0 Å². The summed E-state index contributed by atoms with van der Waals surface area (Å²) in [6.07, 6.45) is 4.24. The standard InChI is InChI=1S/C15H19N3/c1-11-2-3-14-12(10-11)4-9-17-15(14)18-13-5-7-16-8-6-13/h2-4,9-10,13,16H,5-8H2,1H3,(H,17,18). The Morgan fingerprint density at radius 2 is 2.06 bits per heavy atom. The van der Waals surface area contributed by atoms with Crippen LogP contribution in [-0.2, 0) is 0 Å². The van der Waals surface area contributed by atoms with Crippen LogP contribution in [0.25, 0.3) is 10.8 Å². The van der Waals surface area contributed by atoms with Crippen molar-refractivity contribution in [2.45, 2.75) is 25.8 Å². The van der Waals surface area contributed by atoms with Crippen LogP contribution >= 0.6 is 0 Å². The van der Waals surface area contributed by atoms with Gasteiger partial charge in [0.1, 0.15) is 5.82 Å². The molecule has 0 aliphatic carbocycles. The summed E-state index contributed by atoms with van der Waals surface area (Å²) < 4.78 is 0. The first-order valence-corrected chi connectivity index (χ1v) is 6.65. The number of nitrogens with zero attached hydrogens (tertiary/aromatic N) is 1. The third-order valence-corrected chi connectivity index (χ3v) is 3.60. The molecule has 1 aromatic carbocycles. The highest BCUT2D eigenvalue weighted by Crippen LogP contribution is 2.23. The van der Waals surface area contributed by atoms with Crippen LogP contribution in [-0.4, -0.2) is 24.1 Å². The molecule has 0 amide bonds. The van der Waals surface area contributed by atoms with Gasteiger partial charge in [-0.2, -0.15) is 0 Å². The Hall–Kier alpha value is -1.61. The van der Waals surface area contributed by atoms with E-state index in [9.17, 15) is 0 Å². The molecular weight excluding hydrogens is 222 g/mol. The van der Waals surface area contributed by atoms with Crippen molar-refractivity contribution in [3.63, 3.8) is 0 Å². The monoisotopic (exact) mass is 241 g/mol. The normalized spacial score (nSPS) is 16.9. The molecule has 3 heteroatoms. The molecule has 3 nitrogen and oxygen atoms in total. The topological polar surface area (TPSA) is 37.0 Å². The molecule has 94 valence electrons. The average Bonchev–Trinajstić information content (AvgIpc) is 2.40. The fourth-order valence-corrected chi connectivity index (χ4v) is 2.57. The Labute approximate surface area is 108 Å². The Morgan fingerprint density at radius 3 is 2.89 bits per heavy atom. The zero-order valence-electron chi connectivity index (χ0n) is 10.7. The van der Waals surface area contributed by atoms with E-state index in [1.165, 1.54) is 29.2 Å². The van der Waals surface area contributed by atoms with E-state index < -0.39 is 0 Å². The smallest absolute Gasteiger partial charge is 0.134 e. The second-order valence-corrected chi connectivity index (χ2v) is 5.05. The van der Waals surface area contributed by atoms with E-state index in [1.54, 1.807) is 0 Å². The van der Waals surface area contributed by atoms with E-state index in [-0.39, 0.29) is 0 Å². The predicted octanol–water partition coefficient (Wildman–Crippen LogP) is 2.71. The number of hydrogen-bond donors (Lipinski definition) is 2. The van der Waals surface area contributed by atoms with Gasteiger partial charge in [-0.05, 0) is 44.3 Å². The van der Waals surface area contributed by atoms with E-state index in [1.807, 2.05) is 6.20 Å². The molecular formula is C15H19N3. The Bertz CT molecular complexity index is 544. The van der Waals surface area contributed by atoms with Crippen LogP contribution in [0.4, 0.5) is 5.82 Å². The lowest BCUT2D eigenvalue weighted by atomic mass is 10.1. The van der Waals surface area contributed by atoms with Crippen molar-refractivity contribution >= 4 is 16.6 Å². The van der Waals surface area contributed by atoms with Gasteiger partial charge < -0.3 is 10.6 Å². The summed E-state index contributed by atoms with van der Waals surface area (Å²) in [5.74, 6) is 1.03. The summed E-state index contributed by atoms with van der Waals surface area (Å²) in [5, 5.41) is 9.47. The molecule has 0 bridgehead atoms. The van der Waals surface area contributed by atoms with Gasteiger partial charge in [0.2, 0.25) is 0 Å².